The fourth-order valence-corrected chi connectivity index (χ4v) is 2.37. The van der Waals surface area contributed by atoms with Gasteiger partial charge in [-0.25, -0.2) is 8.42 Å². The summed E-state index contributed by atoms with van der Waals surface area (Å²) in [4.78, 5) is 12.2. The second-order valence-corrected chi connectivity index (χ2v) is 6.78. The van der Waals surface area contributed by atoms with E-state index >= 15 is 0 Å². The van der Waals surface area contributed by atoms with Crippen molar-refractivity contribution in [3.8, 4) is 11.5 Å². The van der Waals surface area contributed by atoms with Crippen molar-refractivity contribution < 1.29 is 22.7 Å². The van der Waals surface area contributed by atoms with Gasteiger partial charge in [-0.15, -0.1) is 12.4 Å². The molecule has 0 heterocycles. The molecule has 24 heavy (non-hydrogen) atoms. The summed E-state index contributed by atoms with van der Waals surface area (Å²) < 4.78 is 35.6. The lowest BCUT2D eigenvalue weighted by Gasteiger charge is -2.16. The second kappa shape index (κ2) is 9.55. The zero-order chi connectivity index (χ0) is 17.6. The highest BCUT2D eigenvalue weighted by Crippen LogP contribution is 2.37. The SMILES string of the molecule is CNC(C)CNC(=O)c1cc(NS(C)(=O)=O)c(OC)c(OC)c1.Cl. The molecule has 1 amide bonds. The minimum atomic E-state index is -3.53. The molecule has 1 atom stereocenters. The Morgan fingerprint density at radius 3 is 2.33 bits per heavy atom. The molecule has 3 N–H and O–H groups in total. The van der Waals surface area contributed by atoms with Crippen molar-refractivity contribution in [1.29, 1.82) is 0 Å². The third-order valence-corrected chi connectivity index (χ3v) is 3.69. The van der Waals surface area contributed by atoms with E-state index in [-0.39, 0.29) is 47.1 Å². The van der Waals surface area contributed by atoms with Crippen molar-refractivity contribution in [2.75, 3.05) is 38.8 Å². The molecule has 1 unspecified atom stereocenters. The lowest BCUT2D eigenvalue weighted by atomic mass is 10.1. The second-order valence-electron chi connectivity index (χ2n) is 5.03. The number of hydrogen-bond acceptors (Lipinski definition) is 6. The molecule has 1 aromatic carbocycles. The molecule has 0 bridgehead atoms. The molecule has 10 heteroatoms. The van der Waals surface area contributed by atoms with Gasteiger partial charge in [-0.1, -0.05) is 0 Å². The van der Waals surface area contributed by atoms with E-state index in [0.717, 1.165) is 6.26 Å². The van der Waals surface area contributed by atoms with Crippen LogP contribution >= 0.6 is 12.4 Å². The first-order valence-electron chi connectivity index (χ1n) is 6.91. The van der Waals surface area contributed by atoms with Crippen molar-refractivity contribution >= 4 is 34.0 Å². The van der Waals surface area contributed by atoms with Gasteiger partial charge in [0.2, 0.25) is 10.0 Å². The Kier molecular flexibility index (Phi) is 8.87. The number of sulfonamides is 1. The summed E-state index contributed by atoms with van der Waals surface area (Å²) >= 11 is 0. The van der Waals surface area contributed by atoms with Crippen molar-refractivity contribution in [3.05, 3.63) is 17.7 Å². The van der Waals surface area contributed by atoms with Crippen molar-refractivity contribution in [3.63, 3.8) is 0 Å². The molecule has 0 aliphatic rings. The highest BCUT2D eigenvalue weighted by Gasteiger charge is 2.18. The first kappa shape index (κ1) is 22.3. The maximum absolute atomic E-state index is 12.2. The number of methoxy groups -OCH3 is 2. The molecular formula is C14H24ClN3O5S. The van der Waals surface area contributed by atoms with Gasteiger partial charge in [0.25, 0.3) is 5.91 Å². The number of anilines is 1. The number of likely N-dealkylation sites (N-methyl/N-ethyl adjacent to an activating group) is 1. The largest absolute Gasteiger partial charge is 0.493 e. The summed E-state index contributed by atoms with van der Waals surface area (Å²) in [5, 5.41) is 5.76. The first-order valence-corrected chi connectivity index (χ1v) is 8.80. The molecule has 0 radical (unpaired) electrons. The highest BCUT2D eigenvalue weighted by atomic mass is 35.5. The summed E-state index contributed by atoms with van der Waals surface area (Å²) in [5.74, 6) is 0.121. The maximum atomic E-state index is 12.2. The van der Waals surface area contributed by atoms with Gasteiger partial charge in [-0.05, 0) is 26.1 Å². The van der Waals surface area contributed by atoms with E-state index in [1.807, 2.05) is 6.92 Å². The topological polar surface area (TPSA) is 106 Å². The lowest BCUT2D eigenvalue weighted by Crippen LogP contribution is -2.37. The van der Waals surface area contributed by atoms with Gasteiger partial charge in [0.1, 0.15) is 0 Å². The molecule has 0 fully saturated rings. The van der Waals surface area contributed by atoms with E-state index in [9.17, 15) is 13.2 Å². The smallest absolute Gasteiger partial charge is 0.251 e. The van der Waals surface area contributed by atoms with Crippen molar-refractivity contribution in [2.24, 2.45) is 0 Å². The van der Waals surface area contributed by atoms with Crippen LogP contribution in [0, 0.1) is 0 Å². The van der Waals surface area contributed by atoms with Gasteiger partial charge in [0.05, 0.1) is 26.2 Å². The number of rotatable bonds is 8. The van der Waals surface area contributed by atoms with Crippen LogP contribution in [0.1, 0.15) is 17.3 Å². The number of nitrogens with one attached hydrogen (secondary N) is 3. The summed E-state index contributed by atoms with van der Waals surface area (Å²) in [7, 11) is 1.06. The molecule has 0 aliphatic heterocycles. The molecule has 0 saturated carbocycles. The van der Waals surface area contributed by atoms with Gasteiger partial charge < -0.3 is 20.1 Å². The van der Waals surface area contributed by atoms with Crippen molar-refractivity contribution in [1.82, 2.24) is 10.6 Å². The molecule has 1 rings (SSSR count). The number of carbonyl (C=O) groups excluding carboxylic acids is 1. The Labute approximate surface area is 148 Å². The zero-order valence-corrected chi connectivity index (χ0v) is 15.9. The Morgan fingerprint density at radius 2 is 1.88 bits per heavy atom. The Balaban J connectivity index is 0.00000529. The molecule has 8 nitrogen and oxygen atoms in total. The number of hydrogen-bond donors (Lipinski definition) is 3. The first-order chi connectivity index (χ1) is 10.7. The normalized spacial score (nSPS) is 11.9. The number of halogens is 1. The van der Waals surface area contributed by atoms with E-state index in [0.29, 0.717) is 6.54 Å². The summed E-state index contributed by atoms with van der Waals surface area (Å²) in [5.41, 5.74) is 0.401. The molecule has 0 saturated heterocycles. The van der Waals surface area contributed by atoms with Gasteiger partial charge >= 0.3 is 0 Å². The van der Waals surface area contributed by atoms with E-state index in [1.54, 1.807) is 7.05 Å². The minimum absolute atomic E-state index is 0. The highest BCUT2D eigenvalue weighted by molar-refractivity contribution is 7.92. The quantitative estimate of drug-likeness (QED) is 0.616. The van der Waals surface area contributed by atoms with Crippen LogP contribution in [0.2, 0.25) is 0 Å². The zero-order valence-electron chi connectivity index (χ0n) is 14.3. The predicted octanol–water partition coefficient (Wildman–Crippen LogP) is 0.835. The molecular weight excluding hydrogens is 358 g/mol. The fourth-order valence-electron chi connectivity index (χ4n) is 1.82. The number of benzene rings is 1. The number of ether oxygens (including phenoxy) is 2. The molecule has 138 valence electrons. The van der Waals surface area contributed by atoms with Crippen LogP contribution in [0.3, 0.4) is 0 Å². The molecule has 0 aromatic heterocycles. The van der Waals surface area contributed by atoms with Crippen LogP contribution in [0.5, 0.6) is 11.5 Å². The van der Waals surface area contributed by atoms with Crippen LogP contribution in [0.4, 0.5) is 5.69 Å². The fraction of sp³-hybridized carbons (Fsp3) is 0.500. The third-order valence-electron chi connectivity index (χ3n) is 3.10. The molecule has 0 spiro atoms. The Hall–Kier alpha value is -1.71. The predicted molar refractivity (Wildman–Crippen MR) is 96.1 cm³/mol. The summed E-state index contributed by atoms with van der Waals surface area (Å²) in [6, 6.07) is 3.00. The average Bonchev–Trinajstić information content (AvgIpc) is 2.49. The van der Waals surface area contributed by atoms with Gasteiger partial charge in [-0.3, -0.25) is 9.52 Å². The van der Waals surface area contributed by atoms with Gasteiger partial charge in [-0.2, -0.15) is 0 Å². The van der Waals surface area contributed by atoms with Gasteiger partial charge in [0, 0.05) is 18.2 Å². The Morgan fingerprint density at radius 1 is 1.25 bits per heavy atom. The van der Waals surface area contributed by atoms with Crippen LogP contribution < -0.4 is 24.8 Å². The van der Waals surface area contributed by atoms with Crippen LogP contribution in [-0.4, -0.2) is 54.4 Å². The molecule has 0 aliphatic carbocycles. The minimum Gasteiger partial charge on any atom is -0.493 e. The Bertz CT molecular complexity index is 667. The van der Waals surface area contributed by atoms with E-state index in [2.05, 4.69) is 15.4 Å². The van der Waals surface area contributed by atoms with Crippen molar-refractivity contribution in [2.45, 2.75) is 13.0 Å². The lowest BCUT2D eigenvalue weighted by molar-refractivity contribution is 0.0950. The van der Waals surface area contributed by atoms with Crippen LogP contribution in [0.15, 0.2) is 12.1 Å². The molecule has 1 aromatic rings. The summed E-state index contributed by atoms with van der Waals surface area (Å²) in [6.07, 6.45) is 1.01. The summed E-state index contributed by atoms with van der Waals surface area (Å²) in [6.45, 7) is 2.35. The van der Waals surface area contributed by atoms with E-state index in [4.69, 9.17) is 9.47 Å². The number of carbonyl (C=O) groups is 1. The van der Waals surface area contributed by atoms with E-state index < -0.39 is 10.0 Å². The van der Waals surface area contributed by atoms with Gasteiger partial charge in [0.15, 0.2) is 11.5 Å². The standard InChI is InChI=1S/C14H23N3O5S.ClH/c1-9(15-2)8-16-14(18)10-6-11(17-23(5,19)20)13(22-4)12(7-10)21-3;/h6-7,9,15,17H,8H2,1-5H3,(H,16,18);1H. The van der Waals surface area contributed by atoms with Crippen LogP contribution in [-0.2, 0) is 10.0 Å². The van der Waals surface area contributed by atoms with E-state index in [1.165, 1.54) is 26.4 Å². The average molecular weight is 382 g/mol. The van der Waals surface area contributed by atoms with Crippen LogP contribution in [0.25, 0.3) is 0 Å². The number of amides is 1. The monoisotopic (exact) mass is 381 g/mol. The third kappa shape index (κ3) is 6.42. The maximum Gasteiger partial charge on any atom is 0.251 e.